The quantitative estimate of drug-likeness (QED) is 0.832. The normalized spacial score (nSPS) is 21.6. The van der Waals surface area contributed by atoms with Gasteiger partial charge < -0.3 is 20.5 Å². The van der Waals surface area contributed by atoms with Gasteiger partial charge in [-0.05, 0) is 36.5 Å². The minimum atomic E-state index is -0.381. The summed E-state index contributed by atoms with van der Waals surface area (Å²) in [4.78, 5) is 12.4. The molecule has 0 bridgehead atoms. The molecule has 1 heterocycles. The van der Waals surface area contributed by atoms with Gasteiger partial charge >= 0.3 is 0 Å². The van der Waals surface area contributed by atoms with Crippen molar-refractivity contribution in [1.82, 2.24) is 5.32 Å². The van der Waals surface area contributed by atoms with Gasteiger partial charge in [-0.1, -0.05) is 26.0 Å². The molecule has 1 aliphatic rings. The Labute approximate surface area is 144 Å². The second kappa shape index (κ2) is 9.11. The fraction of sp³-hybridized carbons (Fsp3) is 0.588. The van der Waals surface area contributed by atoms with Crippen molar-refractivity contribution in [2.24, 2.45) is 11.7 Å². The Morgan fingerprint density at radius 1 is 1.35 bits per heavy atom. The first kappa shape index (κ1) is 19.7. The summed E-state index contributed by atoms with van der Waals surface area (Å²) < 4.78 is 10.8. The van der Waals surface area contributed by atoms with E-state index >= 15 is 0 Å². The van der Waals surface area contributed by atoms with E-state index in [0.717, 1.165) is 24.2 Å². The Kier molecular flexibility index (Phi) is 7.82. The molecule has 1 aliphatic heterocycles. The van der Waals surface area contributed by atoms with Crippen molar-refractivity contribution in [3.8, 4) is 5.75 Å². The molecule has 5 nitrogen and oxygen atoms in total. The van der Waals surface area contributed by atoms with Crippen LogP contribution < -0.4 is 15.8 Å². The predicted molar refractivity (Wildman–Crippen MR) is 92.9 cm³/mol. The smallest absolute Gasteiger partial charge is 0.249 e. The summed E-state index contributed by atoms with van der Waals surface area (Å²) in [5.74, 6) is 1.04. The topological polar surface area (TPSA) is 73.6 Å². The van der Waals surface area contributed by atoms with Gasteiger partial charge in [-0.25, -0.2) is 0 Å². The van der Waals surface area contributed by atoms with Gasteiger partial charge in [0, 0.05) is 6.54 Å². The van der Waals surface area contributed by atoms with Crippen LogP contribution in [-0.2, 0) is 9.53 Å². The van der Waals surface area contributed by atoms with Crippen LogP contribution >= 0.6 is 12.4 Å². The fourth-order valence-electron chi connectivity index (χ4n) is 2.76. The van der Waals surface area contributed by atoms with Crippen molar-refractivity contribution in [2.75, 3.05) is 13.7 Å². The summed E-state index contributed by atoms with van der Waals surface area (Å²) in [6.07, 6.45) is 1.22. The molecular weight excluding hydrogens is 316 g/mol. The number of amides is 1. The maximum atomic E-state index is 12.4. The average molecular weight is 343 g/mol. The highest BCUT2D eigenvalue weighted by molar-refractivity contribution is 5.85. The molecule has 1 aromatic carbocycles. The summed E-state index contributed by atoms with van der Waals surface area (Å²) >= 11 is 0. The molecule has 1 fully saturated rings. The largest absolute Gasteiger partial charge is 0.497 e. The first-order valence-corrected chi connectivity index (χ1v) is 7.85. The first-order chi connectivity index (χ1) is 10.5. The Morgan fingerprint density at radius 2 is 2.00 bits per heavy atom. The van der Waals surface area contributed by atoms with Gasteiger partial charge in [-0.2, -0.15) is 0 Å². The standard InChI is InChI=1S/C17H26N2O3.ClH/c1-11(2)16(12-4-6-13(21-3)7-5-12)19-17(20)15-9-8-14(10-18)22-15;/h4-7,11,14-16H,8-10,18H2,1-3H3,(H,19,20);1H/t14-,15+,16?;/m1./s1. The number of ether oxygens (including phenoxy) is 2. The van der Waals surface area contributed by atoms with Crippen LogP contribution in [0.3, 0.4) is 0 Å². The van der Waals surface area contributed by atoms with Gasteiger partial charge in [0.25, 0.3) is 0 Å². The SMILES string of the molecule is COc1ccc(C(NC(=O)[C@@H]2CC[C@H](CN)O2)C(C)C)cc1.Cl. The number of benzene rings is 1. The number of carbonyl (C=O) groups is 1. The predicted octanol–water partition coefficient (Wildman–Crippen LogP) is 2.44. The molecule has 1 unspecified atom stereocenters. The highest BCUT2D eigenvalue weighted by Crippen LogP contribution is 2.25. The third-order valence-corrected chi connectivity index (χ3v) is 4.10. The van der Waals surface area contributed by atoms with E-state index in [4.69, 9.17) is 15.2 Å². The maximum Gasteiger partial charge on any atom is 0.249 e. The van der Waals surface area contributed by atoms with Crippen molar-refractivity contribution < 1.29 is 14.3 Å². The third kappa shape index (κ3) is 5.09. The van der Waals surface area contributed by atoms with Gasteiger partial charge in [0.2, 0.25) is 5.91 Å². The number of halogens is 1. The van der Waals surface area contributed by atoms with Gasteiger partial charge in [0.15, 0.2) is 0 Å². The number of nitrogens with one attached hydrogen (secondary N) is 1. The average Bonchev–Trinajstić information content (AvgIpc) is 3.01. The zero-order valence-electron chi connectivity index (χ0n) is 14.0. The molecular formula is C17H27ClN2O3. The van der Waals surface area contributed by atoms with E-state index in [1.807, 2.05) is 24.3 Å². The van der Waals surface area contributed by atoms with E-state index in [0.29, 0.717) is 6.54 Å². The number of rotatable bonds is 6. The lowest BCUT2D eigenvalue weighted by Gasteiger charge is -2.25. The monoisotopic (exact) mass is 342 g/mol. The maximum absolute atomic E-state index is 12.4. The van der Waals surface area contributed by atoms with Crippen LogP contribution in [-0.4, -0.2) is 31.8 Å². The van der Waals surface area contributed by atoms with Gasteiger partial charge in [0.1, 0.15) is 11.9 Å². The van der Waals surface area contributed by atoms with Gasteiger partial charge in [-0.3, -0.25) is 4.79 Å². The lowest BCUT2D eigenvalue weighted by molar-refractivity contribution is -0.133. The number of carbonyl (C=O) groups excluding carboxylic acids is 1. The Hall–Kier alpha value is -1.30. The summed E-state index contributed by atoms with van der Waals surface area (Å²) in [6, 6.07) is 7.75. The summed E-state index contributed by atoms with van der Waals surface area (Å²) in [6.45, 7) is 4.65. The van der Waals surface area contributed by atoms with Crippen LogP contribution in [0.4, 0.5) is 0 Å². The molecule has 1 amide bonds. The Morgan fingerprint density at radius 3 is 2.48 bits per heavy atom. The van der Waals surface area contributed by atoms with Gasteiger partial charge in [-0.15, -0.1) is 12.4 Å². The molecule has 3 N–H and O–H groups in total. The molecule has 1 saturated heterocycles. The second-order valence-corrected chi connectivity index (χ2v) is 6.06. The molecule has 0 radical (unpaired) electrons. The van der Waals surface area contributed by atoms with E-state index < -0.39 is 0 Å². The van der Waals surface area contributed by atoms with Crippen molar-refractivity contribution in [2.45, 2.75) is 44.9 Å². The van der Waals surface area contributed by atoms with E-state index in [-0.39, 0.29) is 42.5 Å². The summed E-state index contributed by atoms with van der Waals surface area (Å²) in [7, 11) is 1.64. The van der Waals surface area contributed by atoms with Crippen LogP contribution in [0.2, 0.25) is 0 Å². The van der Waals surface area contributed by atoms with Crippen LogP contribution in [0, 0.1) is 5.92 Å². The lowest BCUT2D eigenvalue weighted by atomic mass is 9.95. The summed E-state index contributed by atoms with van der Waals surface area (Å²) in [5, 5.41) is 3.11. The molecule has 130 valence electrons. The Bertz CT molecular complexity index is 493. The molecule has 6 heteroatoms. The lowest BCUT2D eigenvalue weighted by Crippen LogP contribution is -2.39. The zero-order chi connectivity index (χ0) is 16.1. The zero-order valence-corrected chi connectivity index (χ0v) is 14.8. The van der Waals surface area contributed by atoms with Crippen LogP contribution in [0.5, 0.6) is 5.75 Å². The summed E-state index contributed by atoms with van der Waals surface area (Å²) in [5.41, 5.74) is 6.66. The van der Waals surface area contributed by atoms with E-state index in [1.165, 1.54) is 0 Å². The van der Waals surface area contributed by atoms with Crippen molar-refractivity contribution in [3.05, 3.63) is 29.8 Å². The number of nitrogens with two attached hydrogens (primary N) is 1. The van der Waals surface area contributed by atoms with Crippen LogP contribution in [0.15, 0.2) is 24.3 Å². The molecule has 0 aromatic heterocycles. The van der Waals surface area contributed by atoms with Crippen LogP contribution in [0.1, 0.15) is 38.3 Å². The van der Waals surface area contributed by atoms with E-state index in [1.54, 1.807) is 7.11 Å². The van der Waals surface area contributed by atoms with Crippen LogP contribution in [0.25, 0.3) is 0 Å². The van der Waals surface area contributed by atoms with Crippen molar-refractivity contribution in [1.29, 1.82) is 0 Å². The molecule has 0 saturated carbocycles. The minimum Gasteiger partial charge on any atom is -0.497 e. The Balaban J connectivity index is 0.00000264. The molecule has 1 aromatic rings. The number of hydrogen-bond acceptors (Lipinski definition) is 4. The number of methoxy groups -OCH3 is 1. The number of hydrogen-bond donors (Lipinski definition) is 2. The van der Waals surface area contributed by atoms with E-state index in [2.05, 4.69) is 19.2 Å². The molecule has 0 spiro atoms. The van der Waals surface area contributed by atoms with E-state index in [9.17, 15) is 4.79 Å². The molecule has 23 heavy (non-hydrogen) atoms. The van der Waals surface area contributed by atoms with Gasteiger partial charge in [0.05, 0.1) is 19.3 Å². The van der Waals surface area contributed by atoms with Crippen molar-refractivity contribution in [3.63, 3.8) is 0 Å². The third-order valence-electron chi connectivity index (χ3n) is 4.10. The minimum absolute atomic E-state index is 0. The molecule has 3 atom stereocenters. The fourth-order valence-corrected chi connectivity index (χ4v) is 2.76. The molecule has 2 rings (SSSR count). The highest BCUT2D eigenvalue weighted by Gasteiger charge is 2.31. The first-order valence-electron chi connectivity index (χ1n) is 7.85. The second-order valence-electron chi connectivity index (χ2n) is 6.06. The van der Waals surface area contributed by atoms with Crippen molar-refractivity contribution >= 4 is 18.3 Å². The highest BCUT2D eigenvalue weighted by atomic mass is 35.5. The molecule has 0 aliphatic carbocycles.